The Morgan fingerprint density at radius 2 is 2.09 bits per heavy atom. The third kappa shape index (κ3) is 5.93. The van der Waals surface area contributed by atoms with Crippen LogP contribution in [0, 0.1) is 11.3 Å². The largest absolute Gasteiger partial charge is 0.381 e. The van der Waals surface area contributed by atoms with Crippen LogP contribution in [0.1, 0.15) is 24.8 Å². The van der Waals surface area contributed by atoms with Gasteiger partial charge in [-0.25, -0.2) is 0 Å². The number of hydrogen-bond donors (Lipinski definition) is 2. The van der Waals surface area contributed by atoms with Crippen molar-refractivity contribution in [3.05, 3.63) is 41.5 Å². The number of nitriles is 1. The summed E-state index contributed by atoms with van der Waals surface area (Å²) in [7, 11) is 0. The lowest BCUT2D eigenvalue weighted by Gasteiger charge is -2.14. The molecule has 2 rings (SSSR count). The molecule has 2 amide bonds. The summed E-state index contributed by atoms with van der Waals surface area (Å²) in [5.74, 6) is -0.473. The van der Waals surface area contributed by atoms with Crippen molar-refractivity contribution < 1.29 is 14.3 Å². The van der Waals surface area contributed by atoms with Gasteiger partial charge in [-0.15, -0.1) is 0 Å². The highest BCUT2D eigenvalue weighted by Gasteiger charge is 2.08. The van der Waals surface area contributed by atoms with Gasteiger partial charge < -0.3 is 15.4 Å². The molecule has 2 N–H and O–H groups in total. The normalized spacial score (nSPS) is 13.8. The van der Waals surface area contributed by atoms with Gasteiger partial charge in [-0.05, 0) is 30.5 Å². The summed E-state index contributed by atoms with van der Waals surface area (Å²) in [4.78, 5) is 23.3. The zero-order chi connectivity index (χ0) is 16.5. The van der Waals surface area contributed by atoms with Crippen LogP contribution in [0.4, 0.5) is 5.69 Å². The molecule has 1 fully saturated rings. The van der Waals surface area contributed by atoms with Crippen LogP contribution < -0.4 is 10.6 Å². The van der Waals surface area contributed by atoms with Gasteiger partial charge in [0.1, 0.15) is 6.42 Å². The number of rotatable bonds is 5. The minimum Gasteiger partial charge on any atom is -0.381 e. The smallest absolute Gasteiger partial charge is 0.248 e. The van der Waals surface area contributed by atoms with E-state index in [1.54, 1.807) is 24.3 Å². The first-order valence-electron chi connectivity index (χ1n) is 7.48. The van der Waals surface area contributed by atoms with Crippen molar-refractivity contribution in [1.82, 2.24) is 5.32 Å². The molecule has 1 aromatic carbocycles. The van der Waals surface area contributed by atoms with E-state index in [0.29, 0.717) is 25.4 Å². The molecule has 0 saturated carbocycles. The molecule has 1 saturated heterocycles. The molecule has 1 aliphatic rings. The highest BCUT2D eigenvalue weighted by molar-refractivity contribution is 5.99. The van der Waals surface area contributed by atoms with E-state index in [1.807, 2.05) is 12.1 Å². The molecule has 1 aliphatic heterocycles. The molecule has 1 heterocycles. The summed E-state index contributed by atoms with van der Waals surface area (Å²) < 4.78 is 5.25. The summed E-state index contributed by atoms with van der Waals surface area (Å²) in [6.45, 7) is 1.65. The van der Waals surface area contributed by atoms with Crippen molar-refractivity contribution in [3.8, 4) is 6.07 Å². The molecule has 6 nitrogen and oxygen atoms in total. The molecular formula is C17H19N3O3. The molecule has 0 atom stereocenters. The van der Waals surface area contributed by atoms with Crippen molar-refractivity contribution in [1.29, 1.82) is 5.26 Å². The second-order valence-corrected chi connectivity index (χ2v) is 5.22. The second kappa shape index (κ2) is 8.71. The van der Waals surface area contributed by atoms with Gasteiger partial charge in [-0.2, -0.15) is 5.26 Å². The Morgan fingerprint density at radius 3 is 2.83 bits per heavy atom. The molecule has 0 radical (unpaired) electrons. The van der Waals surface area contributed by atoms with E-state index < -0.39 is 0 Å². The van der Waals surface area contributed by atoms with Gasteiger partial charge in [0.15, 0.2) is 0 Å². The van der Waals surface area contributed by atoms with E-state index in [0.717, 1.165) is 24.0 Å². The first-order chi connectivity index (χ1) is 11.2. The molecule has 23 heavy (non-hydrogen) atoms. The SMILES string of the molecule is N#CCC(=O)NCc1cccc(NC(=O)C=C2CCOCC2)c1. The molecule has 0 aromatic heterocycles. The summed E-state index contributed by atoms with van der Waals surface area (Å²) in [6, 6.07) is 9.04. The predicted octanol–water partition coefficient (Wildman–Crippen LogP) is 1.89. The maximum atomic E-state index is 12.0. The lowest BCUT2D eigenvalue weighted by Crippen LogP contribution is -2.21. The van der Waals surface area contributed by atoms with Crippen molar-refractivity contribution >= 4 is 17.5 Å². The summed E-state index contributed by atoms with van der Waals surface area (Å²) in [6.07, 6.45) is 3.05. The molecule has 0 spiro atoms. The number of benzene rings is 1. The third-order valence-corrected chi connectivity index (χ3v) is 3.39. The first kappa shape index (κ1) is 16.7. The fourth-order valence-electron chi connectivity index (χ4n) is 2.24. The fraction of sp³-hybridized carbons (Fsp3) is 0.353. The minimum absolute atomic E-state index is 0.159. The molecule has 0 aliphatic carbocycles. The number of carbonyl (C=O) groups excluding carboxylic acids is 2. The van der Waals surface area contributed by atoms with E-state index in [1.165, 1.54) is 0 Å². The molecule has 0 unspecified atom stereocenters. The Bertz CT molecular complexity index is 639. The van der Waals surface area contributed by atoms with E-state index >= 15 is 0 Å². The Morgan fingerprint density at radius 1 is 1.30 bits per heavy atom. The average molecular weight is 313 g/mol. The van der Waals surface area contributed by atoms with E-state index in [4.69, 9.17) is 10.00 Å². The Kier molecular flexibility index (Phi) is 6.33. The predicted molar refractivity (Wildman–Crippen MR) is 85.3 cm³/mol. The minimum atomic E-state index is -0.314. The Balaban J connectivity index is 1.90. The van der Waals surface area contributed by atoms with E-state index in [9.17, 15) is 9.59 Å². The van der Waals surface area contributed by atoms with E-state index in [2.05, 4.69) is 10.6 Å². The molecule has 1 aromatic rings. The van der Waals surface area contributed by atoms with Crippen LogP contribution >= 0.6 is 0 Å². The molecule has 0 bridgehead atoms. The van der Waals surface area contributed by atoms with Gasteiger partial charge in [0.05, 0.1) is 19.3 Å². The standard InChI is InChI=1S/C17H19N3O3/c18-7-4-16(21)19-12-14-2-1-3-15(10-14)20-17(22)11-13-5-8-23-9-6-13/h1-3,10-11H,4-6,8-9,12H2,(H,19,21)(H,20,22). The summed E-state index contributed by atoms with van der Waals surface area (Å²) in [5, 5.41) is 13.9. The van der Waals surface area contributed by atoms with Crippen molar-refractivity contribution in [2.45, 2.75) is 25.8 Å². The number of carbonyl (C=O) groups is 2. The zero-order valence-corrected chi connectivity index (χ0v) is 12.8. The number of amides is 2. The monoisotopic (exact) mass is 313 g/mol. The van der Waals surface area contributed by atoms with Crippen LogP contribution in [0.5, 0.6) is 0 Å². The topological polar surface area (TPSA) is 91.2 Å². The highest BCUT2D eigenvalue weighted by Crippen LogP contribution is 2.15. The molecule has 120 valence electrons. The zero-order valence-electron chi connectivity index (χ0n) is 12.8. The lowest BCUT2D eigenvalue weighted by molar-refractivity contribution is -0.120. The Hall–Kier alpha value is -2.65. The van der Waals surface area contributed by atoms with Crippen LogP contribution in [-0.2, 0) is 20.9 Å². The van der Waals surface area contributed by atoms with Crippen molar-refractivity contribution in [2.24, 2.45) is 0 Å². The maximum absolute atomic E-state index is 12.0. The fourth-order valence-corrected chi connectivity index (χ4v) is 2.24. The number of ether oxygens (including phenoxy) is 1. The van der Waals surface area contributed by atoms with Crippen molar-refractivity contribution in [2.75, 3.05) is 18.5 Å². The van der Waals surface area contributed by atoms with Gasteiger partial charge >= 0.3 is 0 Å². The maximum Gasteiger partial charge on any atom is 0.248 e. The van der Waals surface area contributed by atoms with Gasteiger partial charge in [-0.3, -0.25) is 9.59 Å². The number of anilines is 1. The van der Waals surface area contributed by atoms with Crippen LogP contribution in [0.15, 0.2) is 35.9 Å². The van der Waals surface area contributed by atoms with Gasteiger partial charge in [-0.1, -0.05) is 17.7 Å². The van der Waals surface area contributed by atoms with Crippen molar-refractivity contribution in [3.63, 3.8) is 0 Å². The third-order valence-electron chi connectivity index (χ3n) is 3.39. The van der Waals surface area contributed by atoms with Crippen LogP contribution in [-0.4, -0.2) is 25.0 Å². The number of nitrogens with one attached hydrogen (secondary N) is 2. The van der Waals surface area contributed by atoms with Crippen LogP contribution in [0.2, 0.25) is 0 Å². The summed E-state index contributed by atoms with van der Waals surface area (Å²) >= 11 is 0. The summed E-state index contributed by atoms with van der Waals surface area (Å²) in [5.41, 5.74) is 2.62. The van der Waals surface area contributed by atoms with Crippen LogP contribution in [0.3, 0.4) is 0 Å². The van der Waals surface area contributed by atoms with Gasteiger partial charge in [0, 0.05) is 18.3 Å². The molecule has 6 heteroatoms. The van der Waals surface area contributed by atoms with Gasteiger partial charge in [0.2, 0.25) is 11.8 Å². The van der Waals surface area contributed by atoms with E-state index in [-0.39, 0.29) is 18.2 Å². The molecular weight excluding hydrogens is 294 g/mol. The van der Waals surface area contributed by atoms with Crippen LogP contribution in [0.25, 0.3) is 0 Å². The average Bonchev–Trinajstić information content (AvgIpc) is 2.54. The highest BCUT2D eigenvalue weighted by atomic mass is 16.5. The quantitative estimate of drug-likeness (QED) is 0.812. The lowest BCUT2D eigenvalue weighted by atomic mass is 10.1. The number of hydrogen-bond acceptors (Lipinski definition) is 4. The first-order valence-corrected chi connectivity index (χ1v) is 7.48. The van der Waals surface area contributed by atoms with Gasteiger partial charge in [0.25, 0.3) is 0 Å². The Labute approximate surface area is 135 Å². The second-order valence-electron chi connectivity index (χ2n) is 5.22. The number of nitrogens with zero attached hydrogens (tertiary/aromatic N) is 1.